The number of nitrogens with zero attached hydrogens (tertiary/aromatic N) is 2. The largest absolute Gasteiger partial charge is 0.457 e. The Kier molecular flexibility index (Phi) is 10.2. The van der Waals surface area contributed by atoms with Gasteiger partial charge in [-0.15, -0.1) is 0 Å². The van der Waals surface area contributed by atoms with Crippen molar-refractivity contribution in [1.82, 2.24) is 14.8 Å². The van der Waals surface area contributed by atoms with Gasteiger partial charge in [-0.1, -0.05) is 62.4 Å². The predicted molar refractivity (Wildman–Crippen MR) is 162 cm³/mol. The van der Waals surface area contributed by atoms with Crippen molar-refractivity contribution in [2.75, 3.05) is 19.6 Å². The minimum atomic E-state index is -0.0927. The standard InChI is InChI=1S/C34H43N3O2/c1-5-36(6-2)22-14-15-26(4)35-34(38)24-31(32-25-37(7-3)33-21-12-11-20-30(32)33)27-16-13-19-29(23-27)39-28-17-9-8-10-18-28/h8-13,16-21,23,25-26,31H,5-7,14-15,22,24H2,1-4H3,(H,35,38)/t26-,31+/m0/s1. The van der Waals surface area contributed by atoms with Gasteiger partial charge in [0.25, 0.3) is 0 Å². The molecule has 1 amide bonds. The van der Waals surface area contributed by atoms with E-state index < -0.39 is 0 Å². The average molecular weight is 526 g/mol. The number of aryl methyl sites for hydroxylation is 1. The SMILES string of the molecule is CCN(CC)CCC[C@H](C)NC(=O)C[C@H](c1cccc(Oc2ccccc2)c1)c1cn(CC)c2ccccc12. The molecular weight excluding hydrogens is 482 g/mol. The van der Waals surface area contributed by atoms with Crippen LogP contribution in [0.2, 0.25) is 0 Å². The van der Waals surface area contributed by atoms with E-state index in [0.29, 0.717) is 6.42 Å². The molecule has 0 fully saturated rings. The maximum Gasteiger partial charge on any atom is 0.221 e. The van der Waals surface area contributed by atoms with Crippen molar-refractivity contribution in [2.24, 2.45) is 0 Å². The Bertz CT molecular complexity index is 1330. The van der Waals surface area contributed by atoms with Crippen LogP contribution < -0.4 is 10.1 Å². The third-order valence-corrected chi connectivity index (χ3v) is 7.58. The molecule has 0 bridgehead atoms. The number of ether oxygens (including phenoxy) is 1. The first-order chi connectivity index (χ1) is 19.0. The molecule has 0 saturated carbocycles. The first-order valence-electron chi connectivity index (χ1n) is 14.4. The van der Waals surface area contributed by atoms with Crippen LogP contribution >= 0.6 is 0 Å². The van der Waals surface area contributed by atoms with Crippen molar-refractivity contribution < 1.29 is 9.53 Å². The van der Waals surface area contributed by atoms with Gasteiger partial charge in [-0.3, -0.25) is 4.79 Å². The summed E-state index contributed by atoms with van der Waals surface area (Å²) in [6.07, 6.45) is 4.66. The fourth-order valence-electron chi connectivity index (χ4n) is 5.39. The van der Waals surface area contributed by atoms with E-state index in [1.165, 1.54) is 16.5 Å². The maximum absolute atomic E-state index is 13.4. The molecule has 3 aromatic carbocycles. The number of aromatic nitrogens is 1. The second kappa shape index (κ2) is 14.0. The molecule has 4 aromatic rings. The van der Waals surface area contributed by atoms with Crippen molar-refractivity contribution in [1.29, 1.82) is 0 Å². The first kappa shape index (κ1) is 28.4. The van der Waals surface area contributed by atoms with Crippen LogP contribution in [0.25, 0.3) is 10.9 Å². The van der Waals surface area contributed by atoms with Gasteiger partial charge in [0.1, 0.15) is 11.5 Å². The van der Waals surface area contributed by atoms with Gasteiger partial charge in [0.2, 0.25) is 5.91 Å². The Morgan fingerprint density at radius 1 is 0.923 bits per heavy atom. The Morgan fingerprint density at radius 3 is 2.38 bits per heavy atom. The quantitative estimate of drug-likeness (QED) is 0.184. The highest BCUT2D eigenvalue weighted by molar-refractivity contribution is 5.86. The molecule has 0 aliphatic rings. The lowest BCUT2D eigenvalue weighted by atomic mass is 9.87. The fraction of sp³-hybridized carbons (Fsp3) is 0.382. The summed E-state index contributed by atoms with van der Waals surface area (Å²) in [6, 6.07) is 26.6. The summed E-state index contributed by atoms with van der Waals surface area (Å²) < 4.78 is 8.43. The number of nitrogens with one attached hydrogen (secondary N) is 1. The predicted octanol–water partition coefficient (Wildman–Crippen LogP) is 7.60. The molecule has 0 spiro atoms. The van der Waals surface area contributed by atoms with Crippen molar-refractivity contribution in [3.8, 4) is 11.5 Å². The summed E-state index contributed by atoms with van der Waals surface area (Å²) in [7, 11) is 0. The minimum Gasteiger partial charge on any atom is -0.457 e. The van der Waals surface area contributed by atoms with Gasteiger partial charge in [0.05, 0.1) is 0 Å². The van der Waals surface area contributed by atoms with Crippen LogP contribution in [-0.4, -0.2) is 41.1 Å². The molecule has 1 heterocycles. The topological polar surface area (TPSA) is 46.5 Å². The number of benzene rings is 3. The van der Waals surface area contributed by atoms with Crippen LogP contribution in [0, 0.1) is 0 Å². The van der Waals surface area contributed by atoms with Gasteiger partial charge in [0, 0.05) is 42.0 Å². The third kappa shape index (κ3) is 7.51. The molecule has 206 valence electrons. The van der Waals surface area contributed by atoms with Crippen molar-refractivity contribution in [3.63, 3.8) is 0 Å². The van der Waals surface area contributed by atoms with E-state index in [2.05, 4.69) is 85.1 Å². The molecule has 0 unspecified atom stereocenters. The maximum atomic E-state index is 13.4. The van der Waals surface area contributed by atoms with E-state index in [1.807, 2.05) is 42.5 Å². The number of hydrogen-bond acceptors (Lipinski definition) is 3. The Hall–Kier alpha value is -3.57. The summed E-state index contributed by atoms with van der Waals surface area (Å²) in [6.45, 7) is 12.8. The fourth-order valence-corrected chi connectivity index (χ4v) is 5.39. The van der Waals surface area contributed by atoms with Crippen molar-refractivity contribution in [3.05, 3.63) is 96.2 Å². The highest BCUT2D eigenvalue weighted by atomic mass is 16.5. The monoisotopic (exact) mass is 525 g/mol. The Balaban J connectivity index is 1.58. The molecule has 5 heteroatoms. The van der Waals surface area contributed by atoms with Crippen molar-refractivity contribution in [2.45, 2.75) is 65.5 Å². The summed E-state index contributed by atoms with van der Waals surface area (Å²) in [5, 5.41) is 4.48. The molecule has 1 N–H and O–H groups in total. The molecule has 0 radical (unpaired) electrons. The van der Waals surface area contributed by atoms with Crippen LogP contribution in [0.1, 0.15) is 64.0 Å². The number of amides is 1. The summed E-state index contributed by atoms with van der Waals surface area (Å²) in [4.78, 5) is 15.9. The second-order valence-corrected chi connectivity index (χ2v) is 10.3. The Morgan fingerprint density at radius 2 is 1.64 bits per heavy atom. The van der Waals surface area contributed by atoms with E-state index in [-0.39, 0.29) is 17.9 Å². The average Bonchev–Trinajstić information content (AvgIpc) is 3.33. The van der Waals surface area contributed by atoms with E-state index in [9.17, 15) is 4.79 Å². The summed E-state index contributed by atoms with van der Waals surface area (Å²) in [5.41, 5.74) is 3.45. The van der Waals surface area contributed by atoms with Gasteiger partial charge < -0.3 is 19.5 Å². The number of para-hydroxylation sites is 2. The number of fused-ring (bicyclic) bond motifs is 1. The summed E-state index contributed by atoms with van der Waals surface area (Å²) >= 11 is 0. The summed E-state index contributed by atoms with van der Waals surface area (Å²) in [5.74, 6) is 1.56. The van der Waals surface area contributed by atoms with Crippen LogP contribution in [-0.2, 0) is 11.3 Å². The number of carbonyl (C=O) groups excluding carboxylic acids is 1. The first-order valence-corrected chi connectivity index (χ1v) is 14.4. The highest BCUT2D eigenvalue weighted by Crippen LogP contribution is 2.36. The highest BCUT2D eigenvalue weighted by Gasteiger charge is 2.24. The molecule has 0 aliphatic carbocycles. The second-order valence-electron chi connectivity index (χ2n) is 10.3. The number of hydrogen-bond donors (Lipinski definition) is 1. The lowest BCUT2D eigenvalue weighted by Gasteiger charge is -2.22. The number of rotatable bonds is 14. The normalized spacial score (nSPS) is 12.9. The van der Waals surface area contributed by atoms with Crippen molar-refractivity contribution >= 4 is 16.8 Å². The minimum absolute atomic E-state index is 0.0815. The van der Waals surface area contributed by atoms with Crippen LogP contribution in [0.5, 0.6) is 11.5 Å². The van der Waals surface area contributed by atoms with E-state index in [4.69, 9.17) is 4.74 Å². The number of carbonyl (C=O) groups is 1. The molecule has 5 nitrogen and oxygen atoms in total. The van der Waals surface area contributed by atoms with E-state index in [1.54, 1.807) is 0 Å². The van der Waals surface area contributed by atoms with E-state index >= 15 is 0 Å². The van der Waals surface area contributed by atoms with Crippen LogP contribution in [0.3, 0.4) is 0 Å². The zero-order valence-corrected chi connectivity index (χ0v) is 23.9. The third-order valence-electron chi connectivity index (χ3n) is 7.58. The molecule has 2 atom stereocenters. The smallest absolute Gasteiger partial charge is 0.221 e. The van der Waals surface area contributed by atoms with Gasteiger partial charge in [-0.2, -0.15) is 0 Å². The van der Waals surface area contributed by atoms with Gasteiger partial charge in [0.15, 0.2) is 0 Å². The molecule has 4 rings (SSSR count). The molecule has 0 aliphatic heterocycles. The molecule has 39 heavy (non-hydrogen) atoms. The van der Waals surface area contributed by atoms with E-state index in [0.717, 1.165) is 56.1 Å². The molecule has 1 aromatic heterocycles. The lowest BCUT2D eigenvalue weighted by molar-refractivity contribution is -0.121. The van der Waals surface area contributed by atoms with Crippen LogP contribution in [0.15, 0.2) is 85.1 Å². The molecule has 0 saturated heterocycles. The van der Waals surface area contributed by atoms with Crippen LogP contribution in [0.4, 0.5) is 0 Å². The lowest BCUT2D eigenvalue weighted by Crippen LogP contribution is -2.34. The van der Waals surface area contributed by atoms with Gasteiger partial charge in [-0.05, 0) is 87.8 Å². The zero-order valence-electron chi connectivity index (χ0n) is 23.9. The zero-order chi connectivity index (χ0) is 27.6. The molecular formula is C34H43N3O2. The van der Waals surface area contributed by atoms with Gasteiger partial charge >= 0.3 is 0 Å². The van der Waals surface area contributed by atoms with Gasteiger partial charge in [-0.25, -0.2) is 0 Å². The Labute approximate surface area is 233 Å².